The Hall–Kier alpha value is -0.370. The van der Waals surface area contributed by atoms with E-state index in [1.54, 1.807) is 6.08 Å². The van der Waals surface area contributed by atoms with Crippen LogP contribution in [0.2, 0.25) is 0 Å². The van der Waals surface area contributed by atoms with Crippen molar-refractivity contribution in [2.75, 3.05) is 0 Å². The lowest BCUT2D eigenvalue weighted by Gasteiger charge is -2.26. The third-order valence-corrected chi connectivity index (χ3v) is 3.78. The summed E-state index contributed by atoms with van der Waals surface area (Å²) in [4.78, 5) is 11.7. The first-order valence-corrected chi connectivity index (χ1v) is 6.50. The van der Waals surface area contributed by atoms with E-state index in [0.717, 1.165) is 29.3 Å². The average molecular weight is 317 g/mol. The number of hydrogen-bond acceptors (Lipinski definition) is 2. The predicted octanol–water partition coefficient (Wildman–Crippen LogP) is 3.61. The first kappa shape index (κ1) is 12.7. The maximum Gasteiger partial charge on any atom is 0.136 e. The second-order valence-electron chi connectivity index (χ2n) is 4.22. The fourth-order valence-electron chi connectivity index (χ4n) is 2.19. The summed E-state index contributed by atoms with van der Waals surface area (Å²) in [5.41, 5.74) is 0. The molecule has 2 atom stereocenters. The van der Waals surface area contributed by atoms with Crippen LogP contribution in [-0.4, -0.2) is 5.78 Å². The second-order valence-corrected chi connectivity index (χ2v) is 5.61. The van der Waals surface area contributed by atoms with Crippen LogP contribution in [0.5, 0.6) is 0 Å². The van der Waals surface area contributed by atoms with Crippen LogP contribution >= 0.6 is 22.6 Å². The molecule has 0 saturated heterocycles. The normalized spacial score (nSPS) is 24.7. The molecular formula is C12H16INO. The van der Waals surface area contributed by atoms with Crippen LogP contribution in [0.25, 0.3) is 0 Å². The molecule has 0 N–H and O–H groups in total. The smallest absolute Gasteiger partial charge is 0.136 e. The van der Waals surface area contributed by atoms with Gasteiger partial charge in [0.2, 0.25) is 0 Å². The maximum absolute atomic E-state index is 11.7. The summed E-state index contributed by atoms with van der Waals surface area (Å²) in [5.74, 6) is 1.04. The van der Waals surface area contributed by atoms with Gasteiger partial charge >= 0.3 is 0 Å². The van der Waals surface area contributed by atoms with Gasteiger partial charge in [-0.3, -0.25) is 4.79 Å². The Labute approximate surface area is 105 Å². The molecule has 0 spiro atoms. The molecule has 1 fully saturated rings. The Bertz CT molecular complexity index is 303. The molecule has 1 aliphatic rings. The summed E-state index contributed by atoms with van der Waals surface area (Å²) >= 11 is 2.19. The van der Waals surface area contributed by atoms with E-state index >= 15 is 0 Å². The molecular weight excluding hydrogens is 301 g/mol. The van der Waals surface area contributed by atoms with Crippen LogP contribution in [0.3, 0.4) is 0 Å². The van der Waals surface area contributed by atoms with Crippen LogP contribution in [0.1, 0.15) is 39.0 Å². The molecule has 0 radical (unpaired) electrons. The molecule has 0 amide bonds. The number of halogens is 1. The first-order valence-electron chi connectivity index (χ1n) is 5.42. The minimum absolute atomic E-state index is 0.232. The molecule has 15 heavy (non-hydrogen) atoms. The maximum atomic E-state index is 11.7. The summed E-state index contributed by atoms with van der Waals surface area (Å²) < 4.78 is 1.06. The van der Waals surface area contributed by atoms with Crippen LogP contribution in [0.4, 0.5) is 0 Å². The Balaban J connectivity index is 2.52. The van der Waals surface area contributed by atoms with Crippen molar-refractivity contribution in [3.8, 4) is 6.07 Å². The highest BCUT2D eigenvalue weighted by Gasteiger charge is 2.27. The highest BCUT2D eigenvalue weighted by atomic mass is 127. The summed E-state index contributed by atoms with van der Waals surface area (Å²) in [7, 11) is 0. The number of hydrogen-bond donors (Lipinski definition) is 0. The minimum atomic E-state index is 0.232. The zero-order valence-electron chi connectivity index (χ0n) is 9.00. The number of rotatable bonds is 3. The number of ketones is 1. The molecule has 1 rings (SSSR count). The SMILES string of the molecule is CC(C/C(I)=C/C#N)C1CCCCC1=O. The number of carbonyl (C=O) groups excluding carboxylic acids is 1. The lowest BCUT2D eigenvalue weighted by atomic mass is 9.78. The van der Waals surface area contributed by atoms with Crippen LogP contribution in [-0.2, 0) is 4.79 Å². The Kier molecular flexibility index (Phi) is 5.30. The Morgan fingerprint density at radius 1 is 1.73 bits per heavy atom. The number of Topliss-reactive ketones (excluding diaryl/α,β-unsaturated/α-hetero) is 1. The summed E-state index contributed by atoms with van der Waals surface area (Å²) in [6.07, 6.45) is 6.48. The van der Waals surface area contributed by atoms with E-state index < -0.39 is 0 Å². The van der Waals surface area contributed by atoms with Gasteiger partial charge in [0, 0.05) is 22.0 Å². The lowest BCUT2D eigenvalue weighted by Crippen LogP contribution is -2.25. The number of nitrogens with zero attached hydrogens (tertiary/aromatic N) is 1. The first-order chi connectivity index (χ1) is 7.15. The second kappa shape index (κ2) is 6.26. The highest BCUT2D eigenvalue weighted by molar-refractivity contribution is 14.1. The molecule has 0 aromatic rings. The zero-order chi connectivity index (χ0) is 11.3. The van der Waals surface area contributed by atoms with Gasteiger partial charge in [-0.2, -0.15) is 5.26 Å². The monoisotopic (exact) mass is 317 g/mol. The van der Waals surface area contributed by atoms with Gasteiger partial charge in [0.25, 0.3) is 0 Å². The van der Waals surface area contributed by atoms with Crippen molar-refractivity contribution < 1.29 is 4.79 Å². The highest BCUT2D eigenvalue weighted by Crippen LogP contribution is 2.31. The Morgan fingerprint density at radius 3 is 3.07 bits per heavy atom. The summed E-state index contributed by atoms with van der Waals surface area (Å²) in [5, 5.41) is 8.51. The number of carbonyl (C=O) groups is 1. The van der Waals surface area contributed by atoms with Gasteiger partial charge in [-0.05, 0) is 47.8 Å². The zero-order valence-corrected chi connectivity index (χ0v) is 11.2. The van der Waals surface area contributed by atoms with E-state index in [2.05, 4.69) is 29.5 Å². The van der Waals surface area contributed by atoms with E-state index in [-0.39, 0.29) is 5.92 Å². The fraction of sp³-hybridized carbons (Fsp3) is 0.667. The van der Waals surface area contributed by atoms with E-state index in [1.807, 2.05) is 6.07 Å². The van der Waals surface area contributed by atoms with Crippen molar-refractivity contribution in [2.45, 2.75) is 39.0 Å². The van der Waals surface area contributed by atoms with Crippen molar-refractivity contribution in [1.82, 2.24) is 0 Å². The fourth-order valence-corrected chi connectivity index (χ4v) is 3.02. The van der Waals surface area contributed by atoms with E-state index in [1.165, 1.54) is 6.42 Å². The van der Waals surface area contributed by atoms with Gasteiger partial charge in [0.15, 0.2) is 0 Å². The van der Waals surface area contributed by atoms with E-state index in [0.29, 0.717) is 11.7 Å². The molecule has 2 nitrogen and oxygen atoms in total. The van der Waals surface area contributed by atoms with Crippen LogP contribution in [0.15, 0.2) is 9.66 Å². The predicted molar refractivity (Wildman–Crippen MR) is 68.5 cm³/mol. The molecule has 2 unspecified atom stereocenters. The van der Waals surface area contributed by atoms with E-state index in [9.17, 15) is 4.79 Å². The Morgan fingerprint density at radius 2 is 2.47 bits per heavy atom. The van der Waals surface area contributed by atoms with E-state index in [4.69, 9.17) is 5.26 Å². The van der Waals surface area contributed by atoms with Crippen molar-refractivity contribution in [3.05, 3.63) is 9.66 Å². The van der Waals surface area contributed by atoms with Crippen molar-refractivity contribution in [1.29, 1.82) is 5.26 Å². The van der Waals surface area contributed by atoms with Gasteiger partial charge in [-0.1, -0.05) is 13.3 Å². The molecule has 0 aromatic heterocycles. The largest absolute Gasteiger partial charge is 0.299 e. The summed E-state index contributed by atoms with van der Waals surface area (Å²) in [6.45, 7) is 2.12. The van der Waals surface area contributed by atoms with Crippen LogP contribution < -0.4 is 0 Å². The minimum Gasteiger partial charge on any atom is -0.299 e. The molecule has 0 aromatic carbocycles. The molecule has 0 bridgehead atoms. The van der Waals surface area contributed by atoms with Gasteiger partial charge in [0.05, 0.1) is 6.07 Å². The molecule has 82 valence electrons. The third kappa shape index (κ3) is 3.94. The average Bonchev–Trinajstić information content (AvgIpc) is 2.18. The topological polar surface area (TPSA) is 40.9 Å². The van der Waals surface area contributed by atoms with Gasteiger partial charge in [0.1, 0.15) is 5.78 Å². The molecule has 0 aliphatic heterocycles. The summed E-state index contributed by atoms with van der Waals surface area (Å²) in [6, 6.07) is 2.03. The van der Waals surface area contributed by atoms with Gasteiger partial charge < -0.3 is 0 Å². The third-order valence-electron chi connectivity index (χ3n) is 3.03. The quantitative estimate of drug-likeness (QED) is 0.589. The molecule has 1 saturated carbocycles. The standard InChI is InChI=1S/C12H16INO/c1-9(8-10(13)6-7-14)11-4-2-3-5-12(11)15/h6,9,11H,2-5,8H2,1H3/b10-6-. The van der Waals surface area contributed by atoms with Gasteiger partial charge in [-0.15, -0.1) is 0 Å². The molecule has 0 heterocycles. The number of allylic oxidation sites excluding steroid dienone is 2. The lowest BCUT2D eigenvalue weighted by molar-refractivity contribution is -0.126. The van der Waals surface area contributed by atoms with Crippen LogP contribution in [0, 0.1) is 23.2 Å². The van der Waals surface area contributed by atoms with Crippen molar-refractivity contribution in [2.24, 2.45) is 11.8 Å². The van der Waals surface area contributed by atoms with Crippen molar-refractivity contribution >= 4 is 28.4 Å². The molecule has 3 heteroatoms. The van der Waals surface area contributed by atoms with Crippen molar-refractivity contribution in [3.63, 3.8) is 0 Å². The number of nitriles is 1. The van der Waals surface area contributed by atoms with Gasteiger partial charge in [-0.25, -0.2) is 0 Å². The molecule has 1 aliphatic carbocycles.